The summed E-state index contributed by atoms with van der Waals surface area (Å²) < 4.78 is 0. The van der Waals surface area contributed by atoms with Crippen molar-refractivity contribution < 1.29 is 0 Å². The lowest BCUT2D eigenvalue weighted by molar-refractivity contribution is 0.628. The quantitative estimate of drug-likeness (QED) is 0.746. The van der Waals surface area contributed by atoms with Gasteiger partial charge in [-0.15, -0.1) is 11.3 Å². The van der Waals surface area contributed by atoms with Crippen LogP contribution in [0.4, 0.5) is 5.13 Å². The summed E-state index contributed by atoms with van der Waals surface area (Å²) in [6.45, 7) is 8.52. The third-order valence-electron chi connectivity index (χ3n) is 2.08. The van der Waals surface area contributed by atoms with Crippen molar-refractivity contribution in [1.29, 1.82) is 0 Å². The van der Waals surface area contributed by atoms with E-state index in [0.29, 0.717) is 0 Å². The zero-order valence-corrected chi connectivity index (χ0v) is 9.79. The Balaban J connectivity index is 2.16. The fraction of sp³-hybridized carbons (Fsp3) is 0.700. The molecule has 0 radical (unpaired) electrons. The molecule has 3 nitrogen and oxygen atoms in total. The lowest BCUT2D eigenvalue weighted by Crippen LogP contribution is -2.26. The highest BCUT2D eigenvalue weighted by Gasteiger charge is 2.17. The summed E-state index contributed by atoms with van der Waals surface area (Å²) in [5, 5.41) is 7.84. The first-order valence-electron chi connectivity index (χ1n) is 5.02. The van der Waals surface area contributed by atoms with Crippen LogP contribution in [0.25, 0.3) is 0 Å². The van der Waals surface area contributed by atoms with E-state index in [-0.39, 0.29) is 5.54 Å². The Morgan fingerprint density at radius 3 is 2.86 bits per heavy atom. The van der Waals surface area contributed by atoms with Crippen LogP contribution in [0.3, 0.4) is 0 Å². The molecule has 1 aliphatic heterocycles. The van der Waals surface area contributed by atoms with Crippen molar-refractivity contribution in [3.63, 3.8) is 0 Å². The van der Waals surface area contributed by atoms with Crippen LogP contribution in [-0.2, 0) is 13.0 Å². The maximum atomic E-state index is 4.60. The monoisotopic (exact) mass is 211 g/mol. The van der Waals surface area contributed by atoms with E-state index in [1.54, 1.807) is 11.3 Å². The molecule has 2 heterocycles. The summed E-state index contributed by atoms with van der Waals surface area (Å²) >= 11 is 1.78. The molecule has 0 atom stereocenters. The lowest BCUT2D eigenvalue weighted by atomic mass is 10.1. The maximum Gasteiger partial charge on any atom is 0.183 e. The van der Waals surface area contributed by atoms with Crippen LogP contribution in [0.5, 0.6) is 0 Å². The molecule has 1 aromatic rings. The van der Waals surface area contributed by atoms with Gasteiger partial charge in [0, 0.05) is 29.9 Å². The second-order valence-corrected chi connectivity index (χ2v) is 5.77. The average Bonchev–Trinajstić information content (AvgIpc) is 2.42. The number of anilines is 1. The molecule has 4 heteroatoms. The normalized spacial score (nSPS) is 16.5. The van der Waals surface area contributed by atoms with Gasteiger partial charge in [-0.1, -0.05) is 0 Å². The molecule has 0 unspecified atom stereocenters. The number of fused-ring (bicyclic) bond motifs is 1. The van der Waals surface area contributed by atoms with E-state index in [9.17, 15) is 0 Å². The van der Waals surface area contributed by atoms with Crippen LogP contribution >= 0.6 is 11.3 Å². The molecule has 1 aromatic heterocycles. The van der Waals surface area contributed by atoms with Crippen LogP contribution in [0.15, 0.2) is 0 Å². The number of hydrogen-bond acceptors (Lipinski definition) is 4. The van der Waals surface area contributed by atoms with E-state index >= 15 is 0 Å². The van der Waals surface area contributed by atoms with Gasteiger partial charge in [-0.25, -0.2) is 4.98 Å². The molecule has 0 spiro atoms. The minimum absolute atomic E-state index is 0.105. The van der Waals surface area contributed by atoms with E-state index in [0.717, 1.165) is 24.6 Å². The third kappa shape index (κ3) is 2.25. The summed E-state index contributed by atoms with van der Waals surface area (Å²) in [4.78, 5) is 6.00. The Labute approximate surface area is 88.9 Å². The molecule has 14 heavy (non-hydrogen) atoms. The topological polar surface area (TPSA) is 37.0 Å². The van der Waals surface area contributed by atoms with Crippen molar-refractivity contribution >= 4 is 16.5 Å². The highest BCUT2D eigenvalue weighted by Crippen LogP contribution is 2.27. The maximum absolute atomic E-state index is 4.60. The fourth-order valence-electron chi connectivity index (χ4n) is 1.50. The summed E-state index contributed by atoms with van der Waals surface area (Å²) in [7, 11) is 0. The van der Waals surface area contributed by atoms with Crippen molar-refractivity contribution in [2.24, 2.45) is 0 Å². The average molecular weight is 211 g/mol. The lowest BCUT2D eigenvalue weighted by Gasteiger charge is -2.19. The van der Waals surface area contributed by atoms with Gasteiger partial charge in [0.2, 0.25) is 0 Å². The summed E-state index contributed by atoms with van der Waals surface area (Å²) in [5.41, 5.74) is 1.38. The van der Waals surface area contributed by atoms with Crippen molar-refractivity contribution in [2.75, 3.05) is 11.9 Å². The van der Waals surface area contributed by atoms with E-state index in [1.807, 2.05) is 0 Å². The summed E-state index contributed by atoms with van der Waals surface area (Å²) in [6, 6.07) is 0. The predicted molar refractivity (Wildman–Crippen MR) is 60.9 cm³/mol. The molecule has 0 saturated heterocycles. The van der Waals surface area contributed by atoms with Gasteiger partial charge in [-0.2, -0.15) is 0 Å². The second kappa shape index (κ2) is 3.51. The van der Waals surface area contributed by atoms with E-state index in [4.69, 9.17) is 0 Å². The number of nitrogens with zero attached hydrogens (tertiary/aromatic N) is 1. The third-order valence-corrected chi connectivity index (χ3v) is 3.10. The van der Waals surface area contributed by atoms with E-state index in [1.165, 1.54) is 10.6 Å². The van der Waals surface area contributed by atoms with Gasteiger partial charge < -0.3 is 10.6 Å². The van der Waals surface area contributed by atoms with Gasteiger partial charge >= 0.3 is 0 Å². The molecular formula is C10H17N3S. The standard InChI is InChI=1S/C10H17N3S/c1-10(2,3)13-9-12-7-4-5-11-6-8(7)14-9/h11H,4-6H2,1-3H3,(H,12,13). The zero-order chi connectivity index (χ0) is 10.2. The molecule has 0 fully saturated rings. The van der Waals surface area contributed by atoms with Gasteiger partial charge in [-0.3, -0.25) is 0 Å². The molecular weight excluding hydrogens is 194 g/mol. The van der Waals surface area contributed by atoms with E-state index in [2.05, 4.69) is 36.4 Å². The molecule has 0 aliphatic carbocycles. The van der Waals surface area contributed by atoms with Crippen LogP contribution in [0.1, 0.15) is 31.3 Å². The van der Waals surface area contributed by atoms with Crippen LogP contribution in [0, 0.1) is 0 Å². The predicted octanol–water partition coefficient (Wildman–Crippen LogP) is 2.00. The van der Waals surface area contributed by atoms with Gasteiger partial charge in [0.05, 0.1) is 5.69 Å². The molecule has 0 aromatic carbocycles. The number of rotatable bonds is 1. The van der Waals surface area contributed by atoms with Gasteiger partial charge in [-0.05, 0) is 20.8 Å². The first kappa shape index (κ1) is 9.93. The van der Waals surface area contributed by atoms with Crippen LogP contribution in [0.2, 0.25) is 0 Å². The molecule has 0 saturated carbocycles. The molecule has 2 N–H and O–H groups in total. The largest absolute Gasteiger partial charge is 0.357 e. The zero-order valence-electron chi connectivity index (χ0n) is 8.98. The SMILES string of the molecule is CC(C)(C)Nc1nc2c(s1)CNCC2. The summed E-state index contributed by atoms with van der Waals surface area (Å²) in [5.74, 6) is 0. The Hall–Kier alpha value is -0.610. The van der Waals surface area contributed by atoms with Crippen molar-refractivity contribution in [1.82, 2.24) is 10.3 Å². The second-order valence-electron chi connectivity index (χ2n) is 4.69. The Bertz CT molecular complexity index is 301. The molecule has 1 aliphatic rings. The number of hydrogen-bond donors (Lipinski definition) is 2. The smallest absolute Gasteiger partial charge is 0.183 e. The molecule has 0 amide bonds. The van der Waals surface area contributed by atoms with Crippen molar-refractivity contribution in [2.45, 2.75) is 39.3 Å². The van der Waals surface area contributed by atoms with Crippen LogP contribution in [-0.4, -0.2) is 17.1 Å². The van der Waals surface area contributed by atoms with Crippen LogP contribution < -0.4 is 10.6 Å². The van der Waals surface area contributed by atoms with Gasteiger partial charge in [0.15, 0.2) is 5.13 Å². The number of aromatic nitrogens is 1. The van der Waals surface area contributed by atoms with Gasteiger partial charge in [0.1, 0.15) is 0 Å². The Kier molecular flexibility index (Phi) is 2.49. The molecule has 2 rings (SSSR count). The van der Waals surface area contributed by atoms with Crippen molar-refractivity contribution in [3.05, 3.63) is 10.6 Å². The number of nitrogens with one attached hydrogen (secondary N) is 2. The molecule has 78 valence electrons. The number of thiazole rings is 1. The minimum Gasteiger partial charge on any atom is -0.357 e. The van der Waals surface area contributed by atoms with Gasteiger partial charge in [0.25, 0.3) is 0 Å². The first-order chi connectivity index (χ1) is 6.54. The Morgan fingerprint density at radius 2 is 2.21 bits per heavy atom. The minimum atomic E-state index is 0.105. The van der Waals surface area contributed by atoms with Crippen molar-refractivity contribution in [3.8, 4) is 0 Å². The Morgan fingerprint density at radius 1 is 1.43 bits per heavy atom. The highest BCUT2D eigenvalue weighted by atomic mass is 32.1. The highest BCUT2D eigenvalue weighted by molar-refractivity contribution is 7.15. The summed E-state index contributed by atoms with van der Waals surface area (Å²) in [6.07, 6.45) is 1.07. The first-order valence-corrected chi connectivity index (χ1v) is 5.84. The molecule has 0 bridgehead atoms. The van der Waals surface area contributed by atoms with E-state index < -0.39 is 0 Å². The fourth-order valence-corrected chi connectivity index (χ4v) is 2.69.